The average molecular weight is 993 g/mol. The number of aromatic nitrogens is 4. The van der Waals surface area contributed by atoms with Gasteiger partial charge in [0.05, 0.1) is 16.7 Å². The molecule has 0 atom stereocenters. The largest absolute Gasteiger partial charge is 0.456 e. The number of hydrogen-bond donors (Lipinski definition) is 0. The molecular weight excluding hydrogens is 949 g/mol. The van der Waals surface area contributed by atoms with Gasteiger partial charge in [-0.2, -0.15) is 0 Å². The van der Waals surface area contributed by atoms with E-state index in [9.17, 15) is 0 Å². The van der Waals surface area contributed by atoms with Crippen LogP contribution in [0.1, 0.15) is 0 Å². The van der Waals surface area contributed by atoms with E-state index in [1.807, 2.05) is 24.3 Å². The third-order valence-corrected chi connectivity index (χ3v) is 15.7. The minimum absolute atomic E-state index is 0.565. The van der Waals surface area contributed by atoms with Gasteiger partial charge in [0.25, 0.3) is 0 Å². The van der Waals surface area contributed by atoms with E-state index in [1.54, 1.807) is 0 Å². The van der Waals surface area contributed by atoms with Crippen LogP contribution >= 0.6 is 0 Å². The van der Waals surface area contributed by atoms with E-state index in [1.165, 1.54) is 48.5 Å². The maximum atomic E-state index is 7.12. The first-order valence-corrected chi connectivity index (χ1v) is 26.5. The van der Waals surface area contributed by atoms with Crippen molar-refractivity contribution in [3.05, 3.63) is 267 Å². The first-order chi connectivity index (χ1) is 38.6. The number of rotatable bonds is 7. The zero-order chi connectivity index (χ0) is 51.3. The molecule has 0 aliphatic rings. The van der Waals surface area contributed by atoms with E-state index in [2.05, 4.69) is 247 Å². The van der Waals surface area contributed by atoms with Gasteiger partial charge in [0.1, 0.15) is 11.2 Å². The lowest BCUT2D eigenvalue weighted by Crippen LogP contribution is -2.00. The van der Waals surface area contributed by atoms with Crippen molar-refractivity contribution in [1.82, 2.24) is 19.5 Å². The highest BCUT2D eigenvalue weighted by Gasteiger charge is 2.24. The normalized spacial score (nSPS) is 11.8. The van der Waals surface area contributed by atoms with Gasteiger partial charge in [-0.15, -0.1) is 0 Å². The van der Waals surface area contributed by atoms with Crippen LogP contribution in [-0.2, 0) is 0 Å². The molecule has 0 aliphatic carbocycles. The van der Waals surface area contributed by atoms with Crippen molar-refractivity contribution < 1.29 is 4.42 Å². The SMILES string of the molecule is c1ccc(-c2cc(-c3ccccc3)cc(-c3cc4c(cc3-n3c5cc6ccccc6cc5c5c6ccccc6ccc53)oc3cccc(-c5nc(-c6ccccc6)nc(-c6ccc7c(ccc8ccccc87)c6)n5)c34)c2)cc1. The molecule has 3 heterocycles. The van der Waals surface area contributed by atoms with Gasteiger partial charge in [0.15, 0.2) is 17.5 Å². The Morgan fingerprint density at radius 2 is 0.821 bits per heavy atom. The van der Waals surface area contributed by atoms with Gasteiger partial charge in [-0.05, 0) is 126 Å². The number of furan rings is 1. The van der Waals surface area contributed by atoms with E-state index < -0.39 is 0 Å². The van der Waals surface area contributed by atoms with Crippen LogP contribution in [0.3, 0.4) is 0 Å². The summed E-state index contributed by atoms with van der Waals surface area (Å²) in [7, 11) is 0. The molecular formula is C73H44N4O. The molecule has 0 radical (unpaired) electrons. The van der Waals surface area contributed by atoms with Crippen LogP contribution in [-0.4, -0.2) is 19.5 Å². The molecule has 16 aromatic rings. The molecule has 16 rings (SSSR count). The van der Waals surface area contributed by atoms with E-state index >= 15 is 0 Å². The van der Waals surface area contributed by atoms with Crippen LogP contribution < -0.4 is 0 Å². The van der Waals surface area contributed by atoms with Crippen LogP contribution in [0.5, 0.6) is 0 Å². The number of fused-ring (bicyclic) bond motifs is 12. The molecule has 3 aromatic heterocycles. The Kier molecular flexibility index (Phi) is 9.87. The van der Waals surface area contributed by atoms with Crippen LogP contribution in [0.2, 0.25) is 0 Å². The summed E-state index contributed by atoms with van der Waals surface area (Å²) in [5.74, 6) is 1.76. The lowest BCUT2D eigenvalue weighted by molar-refractivity contribution is 0.668. The summed E-state index contributed by atoms with van der Waals surface area (Å²) in [6, 6.07) is 95.6. The quantitative estimate of drug-likeness (QED) is 0.149. The fraction of sp³-hybridized carbons (Fsp3) is 0. The van der Waals surface area contributed by atoms with Crippen LogP contribution in [0, 0.1) is 0 Å². The van der Waals surface area contributed by atoms with E-state index in [0.29, 0.717) is 17.5 Å². The second-order valence-electron chi connectivity index (χ2n) is 20.3. The van der Waals surface area contributed by atoms with Gasteiger partial charge in [0, 0.05) is 49.9 Å². The Hall–Kier alpha value is -10.5. The summed E-state index contributed by atoms with van der Waals surface area (Å²) in [6.45, 7) is 0. The average Bonchev–Trinajstić information content (AvgIpc) is 4.16. The minimum Gasteiger partial charge on any atom is -0.456 e. The van der Waals surface area contributed by atoms with Crippen molar-refractivity contribution in [1.29, 1.82) is 0 Å². The monoisotopic (exact) mass is 992 g/mol. The molecule has 0 amide bonds. The van der Waals surface area contributed by atoms with E-state index in [-0.39, 0.29) is 0 Å². The lowest BCUT2D eigenvalue weighted by atomic mass is 9.91. The summed E-state index contributed by atoms with van der Waals surface area (Å²) in [6.07, 6.45) is 0. The van der Waals surface area contributed by atoms with Crippen molar-refractivity contribution >= 4 is 86.8 Å². The van der Waals surface area contributed by atoms with Crippen LogP contribution in [0.25, 0.3) is 160 Å². The maximum absolute atomic E-state index is 7.12. The molecule has 5 heteroatoms. The molecule has 0 saturated heterocycles. The van der Waals surface area contributed by atoms with Crippen molar-refractivity contribution in [2.45, 2.75) is 0 Å². The molecule has 362 valence electrons. The zero-order valence-corrected chi connectivity index (χ0v) is 42.1. The lowest BCUT2D eigenvalue weighted by Gasteiger charge is -2.17. The van der Waals surface area contributed by atoms with Crippen molar-refractivity contribution in [2.75, 3.05) is 0 Å². The Balaban J connectivity index is 0.993. The molecule has 0 saturated carbocycles. The van der Waals surface area contributed by atoms with Gasteiger partial charge in [0.2, 0.25) is 0 Å². The highest BCUT2D eigenvalue weighted by Crippen LogP contribution is 2.46. The van der Waals surface area contributed by atoms with Gasteiger partial charge < -0.3 is 8.98 Å². The van der Waals surface area contributed by atoms with Gasteiger partial charge in [-0.1, -0.05) is 206 Å². The highest BCUT2D eigenvalue weighted by molar-refractivity contribution is 6.24. The minimum atomic E-state index is 0.565. The topological polar surface area (TPSA) is 56.7 Å². The summed E-state index contributed by atoms with van der Waals surface area (Å²) in [5, 5.41) is 13.8. The molecule has 78 heavy (non-hydrogen) atoms. The molecule has 5 nitrogen and oxygen atoms in total. The fourth-order valence-electron chi connectivity index (χ4n) is 12.1. The number of benzene rings is 13. The summed E-state index contributed by atoms with van der Waals surface area (Å²) >= 11 is 0. The Bertz CT molecular complexity index is 5020. The van der Waals surface area contributed by atoms with Gasteiger partial charge in [-0.3, -0.25) is 0 Å². The highest BCUT2D eigenvalue weighted by atomic mass is 16.3. The van der Waals surface area contributed by atoms with Crippen molar-refractivity contribution in [3.8, 4) is 73.2 Å². The summed E-state index contributed by atoms with van der Waals surface area (Å²) < 4.78 is 9.60. The second-order valence-corrected chi connectivity index (χ2v) is 20.3. The number of hydrogen-bond acceptors (Lipinski definition) is 4. The molecule has 13 aromatic carbocycles. The molecule has 0 bridgehead atoms. The molecule has 0 N–H and O–H groups in total. The predicted molar refractivity (Wildman–Crippen MR) is 324 cm³/mol. The van der Waals surface area contributed by atoms with E-state index in [0.717, 1.165) is 94.1 Å². The molecule has 0 fully saturated rings. The van der Waals surface area contributed by atoms with Gasteiger partial charge >= 0.3 is 0 Å². The standard InChI is InChI=1S/C73H44N4O/c1-4-17-45(18-5-1)54-38-55(46-19-6-2-7-20-46)40-56(39-54)61-43-63-68(44-66(61)77-64-36-34-48-22-13-15-28-59(48)69(64)62-41-50-25-10-11-26-51(50)42-65(62)77)78-67-30-16-29-60(70(63)67)73-75-71(49-23-8-3-9-24-49)74-72(76-73)53-33-35-58-52(37-53)32-31-47-21-12-14-27-57(47)58/h1-44H. The summed E-state index contributed by atoms with van der Waals surface area (Å²) in [5.41, 5.74) is 14.1. The first kappa shape index (κ1) is 43.9. The zero-order valence-electron chi connectivity index (χ0n) is 42.1. The summed E-state index contributed by atoms with van der Waals surface area (Å²) in [4.78, 5) is 15.9. The first-order valence-electron chi connectivity index (χ1n) is 26.5. The molecule has 0 unspecified atom stereocenters. The third kappa shape index (κ3) is 7.13. The van der Waals surface area contributed by atoms with Crippen molar-refractivity contribution in [3.63, 3.8) is 0 Å². The smallest absolute Gasteiger partial charge is 0.164 e. The Morgan fingerprint density at radius 3 is 1.55 bits per heavy atom. The fourth-order valence-corrected chi connectivity index (χ4v) is 12.1. The predicted octanol–water partition coefficient (Wildman–Crippen LogP) is 19.5. The second kappa shape index (κ2) is 17.6. The number of nitrogens with zero attached hydrogens (tertiary/aromatic N) is 4. The van der Waals surface area contributed by atoms with Crippen LogP contribution in [0.15, 0.2) is 271 Å². The van der Waals surface area contributed by atoms with Crippen LogP contribution in [0.4, 0.5) is 0 Å². The van der Waals surface area contributed by atoms with E-state index in [4.69, 9.17) is 19.4 Å². The van der Waals surface area contributed by atoms with Gasteiger partial charge in [-0.25, -0.2) is 15.0 Å². The molecule has 0 aliphatic heterocycles. The molecule has 0 spiro atoms. The maximum Gasteiger partial charge on any atom is 0.164 e. The third-order valence-electron chi connectivity index (χ3n) is 15.7. The Morgan fingerprint density at radius 1 is 0.256 bits per heavy atom. The Labute approximate surface area is 448 Å². The van der Waals surface area contributed by atoms with Crippen molar-refractivity contribution in [2.24, 2.45) is 0 Å².